The van der Waals surface area contributed by atoms with Crippen molar-refractivity contribution in [2.24, 2.45) is 0 Å². The minimum atomic E-state index is -0.0166. The van der Waals surface area contributed by atoms with Gasteiger partial charge >= 0.3 is 0 Å². The molecule has 0 saturated carbocycles. The minimum absolute atomic E-state index is 0.0166. The molecular formula is C15H23IO2. The van der Waals surface area contributed by atoms with Gasteiger partial charge in [0, 0.05) is 9.49 Å². The lowest BCUT2D eigenvalue weighted by atomic mass is 10.0. The van der Waals surface area contributed by atoms with Crippen molar-refractivity contribution >= 4 is 22.6 Å². The zero-order valence-electron chi connectivity index (χ0n) is 11.0. The van der Waals surface area contributed by atoms with Crippen LogP contribution in [0.2, 0.25) is 0 Å². The maximum atomic E-state index is 9.79. The van der Waals surface area contributed by atoms with Gasteiger partial charge in [-0.05, 0) is 12.5 Å². The number of para-hydroxylation sites is 1. The van der Waals surface area contributed by atoms with Gasteiger partial charge in [-0.2, -0.15) is 0 Å². The Morgan fingerprint density at radius 2 is 1.72 bits per heavy atom. The van der Waals surface area contributed by atoms with Crippen LogP contribution in [-0.2, 0) is 0 Å². The molecule has 0 aromatic heterocycles. The molecule has 0 aliphatic heterocycles. The largest absolute Gasteiger partial charge is 0.504 e. The molecule has 1 unspecified atom stereocenters. The second kappa shape index (κ2) is 8.62. The molecule has 0 radical (unpaired) electrons. The van der Waals surface area contributed by atoms with Gasteiger partial charge in [0.15, 0.2) is 11.5 Å². The normalized spacial score (nSPS) is 12.6. The van der Waals surface area contributed by atoms with Crippen LogP contribution in [0.15, 0.2) is 18.2 Å². The van der Waals surface area contributed by atoms with E-state index in [0.29, 0.717) is 0 Å². The maximum absolute atomic E-state index is 9.79. The highest BCUT2D eigenvalue weighted by Gasteiger charge is 2.13. The van der Waals surface area contributed by atoms with Crippen LogP contribution in [0.25, 0.3) is 0 Å². The van der Waals surface area contributed by atoms with Crippen LogP contribution in [0.4, 0.5) is 0 Å². The summed E-state index contributed by atoms with van der Waals surface area (Å²) in [5.41, 5.74) is 0.851. The summed E-state index contributed by atoms with van der Waals surface area (Å²) in [5.74, 6) is 0.0278. The summed E-state index contributed by atoms with van der Waals surface area (Å²) in [7, 11) is 0. The summed E-state index contributed by atoms with van der Waals surface area (Å²) in [6, 6.07) is 5.20. The fraction of sp³-hybridized carbons (Fsp3) is 0.600. The van der Waals surface area contributed by atoms with E-state index in [-0.39, 0.29) is 15.4 Å². The monoisotopic (exact) mass is 362 g/mol. The van der Waals surface area contributed by atoms with E-state index in [1.54, 1.807) is 6.07 Å². The van der Waals surface area contributed by atoms with E-state index in [0.717, 1.165) is 12.0 Å². The summed E-state index contributed by atoms with van der Waals surface area (Å²) in [6.07, 6.45) is 8.77. The molecule has 0 heterocycles. The van der Waals surface area contributed by atoms with E-state index in [4.69, 9.17) is 0 Å². The molecule has 1 rings (SSSR count). The first-order chi connectivity index (χ1) is 8.66. The Bertz CT molecular complexity index is 352. The first-order valence-corrected chi connectivity index (χ1v) is 8.06. The molecule has 2 N–H and O–H groups in total. The first kappa shape index (κ1) is 15.6. The minimum Gasteiger partial charge on any atom is -0.504 e. The number of aromatic hydroxyl groups is 2. The molecule has 0 spiro atoms. The first-order valence-electron chi connectivity index (χ1n) is 6.81. The molecule has 102 valence electrons. The Morgan fingerprint density at radius 3 is 2.44 bits per heavy atom. The molecule has 1 aromatic carbocycles. The number of halogens is 1. The number of unbranched alkanes of at least 4 members (excludes halogenated alkanes) is 5. The van der Waals surface area contributed by atoms with Gasteiger partial charge in [0.2, 0.25) is 0 Å². The van der Waals surface area contributed by atoms with Crippen molar-refractivity contribution in [3.05, 3.63) is 23.8 Å². The van der Waals surface area contributed by atoms with E-state index in [1.807, 2.05) is 6.07 Å². The highest BCUT2D eigenvalue weighted by atomic mass is 127. The number of hydrogen-bond donors (Lipinski definition) is 2. The predicted molar refractivity (Wildman–Crippen MR) is 84.5 cm³/mol. The van der Waals surface area contributed by atoms with E-state index >= 15 is 0 Å². The highest BCUT2D eigenvalue weighted by Crippen LogP contribution is 2.39. The standard InChI is InChI=1S/C15H23IO2/c1-2-3-4-5-6-7-10-13(16)12-9-8-11-14(17)15(12)18/h8-9,11,13,17-18H,2-7,10H2,1H3. The number of phenolic OH excluding ortho intramolecular Hbond substituents is 2. The third-order valence-corrected chi connectivity index (χ3v) is 4.49. The topological polar surface area (TPSA) is 40.5 Å². The Kier molecular flexibility index (Phi) is 7.47. The summed E-state index contributed by atoms with van der Waals surface area (Å²) in [6.45, 7) is 2.23. The molecule has 2 nitrogen and oxygen atoms in total. The second-order valence-corrected chi connectivity index (χ2v) is 6.24. The Morgan fingerprint density at radius 1 is 1.06 bits per heavy atom. The summed E-state index contributed by atoms with van der Waals surface area (Å²) in [5, 5.41) is 19.3. The molecule has 0 bridgehead atoms. The molecule has 3 heteroatoms. The van der Waals surface area contributed by atoms with Crippen molar-refractivity contribution in [1.82, 2.24) is 0 Å². The molecule has 0 aliphatic carbocycles. The molecule has 0 amide bonds. The fourth-order valence-electron chi connectivity index (χ4n) is 2.06. The molecule has 0 fully saturated rings. The van der Waals surface area contributed by atoms with Gasteiger partial charge in [0.25, 0.3) is 0 Å². The number of hydrogen-bond acceptors (Lipinski definition) is 2. The lowest BCUT2D eigenvalue weighted by molar-refractivity contribution is 0.398. The fourth-order valence-corrected chi connectivity index (χ4v) is 3.00. The average molecular weight is 362 g/mol. The molecule has 0 aliphatic rings. The molecule has 1 atom stereocenters. The smallest absolute Gasteiger partial charge is 0.161 e. The third kappa shape index (κ3) is 5.04. The van der Waals surface area contributed by atoms with E-state index in [2.05, 4.69) is 29.5 Å². The molecule has 18 heavy (non-hydrogen) atoms. The van der Waals surface area contributed by atoms with Crippen molar-refractivity contribution in [3.8, 4) is 11.5 Å². The Hall–Kier alpha value is -0.450. The lowest BCUT2D eigenvalue weighted by Gasteiger charge is -2.12. The zero-order chi connectivity index (χ0) is 13.4. The van der Waals surface area contributed by atoms with Crippen molar-refractivity contribution in [1.29, 1.82) is 0 Å². The number of rotatable bonds is 8. The van der Waals surface area contributed by atoms with E-state index in [1.165, 1.54) is 44.6 Å². The molecule has 1 aromatic rings. The Balaban J connectivity index is 2.32. The van der Waals surface area contributed by atoms with E-state index in [9.17, 15) is 10.2 Å². The van der Waals surface area contributed by atoms with Gasteiger partial charge < -0.3 is 10.2 Å². The summed E-state index contributed by atoms with van der Waals surface area (Å²) < 4.78 is 0.279. The van der Waals surface area contributed by atoms with Gasteiger partial charge in [-0.3, -0.25) is 0 Å². The second-order valence-electron chi connectivity index (χ2n) is 4.74. The van der Waals surface area contributed by atoms with Gasteiger partial charge in [0.1, 0.15) is 0 Å². The van der Waals surface area contributed by atoms with Crippen molar-refractivity contribution in [2.45, 2.75) is 55.8 Å². The average Bonchev–Trinajstić information content (AvgIpc) is 2.36. The quantitative estimate of drug-likeness (QED) is 0.284. The SMILES string of the molecule is CCCCCCCCC(I)c1cccc(O)c1O. The summed E-state index contributed by atoms with van der Waals surface area (Å²) in [4.78, 5) is 0. The van der Waals surface area contributed by atoms with Crippen molar-refractivity contribution in [3.63, 3.8) is 0 Å². The third-order valence-electron chi connectivity index (χ3n) is 3.19. The van der Waals surface area contributed by atoms with Crippen LogP contribution in [0.5, 0.6) is 11.5 Å². The van der Waals surface area contributed by atoms with Crippen LogP contribution < -0.4 is 0 Å². The number of benzene rings is 1. The van der Waals surface area contributed by atoms with Gasteiger partial charge in [-0.15, -0.1) is 0 Å². The van der Waals surface area contributed by atoms with Crippen LogP contribution >= 0.6 is 22.6 Å². The van der Waals surface area contributed by atoms with Crippen LogP contribution in [0.3, 0.4) is 0 Å². The van der Waals surface area contributed by atoms with Crippen LogP contribution in [0.1, 0.15) is 61.4 Å². The summed E-state index contributed by atoms with van der Waals surface area (Å²) >= 11 is 2.35. The van der Waals surface area contributed by atoms with Crippen LogP contribution in [0, 0.1) is 0 Å². The number of alkyl halides is 1. The predicted octanol–water partition coefficient (Wildman–Crippen LogP) is 5.32. The van der Waals surface area contributed by atoms with Gasteiger partial charge in [-0.1, -0.05) is 80.2 Å². The Labute approximate surface area is 124 Å². The maximum Gasteiger partial charge on any atom is 0.161 e. The number of phenols is 2. The van der Waals surface area contributed by atoms with Gasteiger partial charge in [-0.25, -0.2) is 0 Å². The van der Waals surface area contributed by atoms with Crippen LogP contribution in [-0.4, -0.2) is 10.2 Å². The van der Waals surface area contributed by atoms with E-state index < -0.39 is 0 Å². The zero-order valence-corrected chi connectivity index (χ0v) is 13.2. The molecule has 0 saturated heterocycles. The van der Waals surface area contributed by atoms with Crippen molar-refractivity contribution in [2.75, 3.05) is 0 Å². The van der Waals surface area contributed by atoms with Crippen molar-refractivity contribution < 1.29 is 10.2 Å². The van der Waals surface area contributed by atoms with Gasteiger partial charge in [0.05, 0.1) is 0 Å². The molecular weight excluding hydrogens is 339 g/mol. The lowest BCUT2D eigenvalue weighted by Crippen LogP contribution is -1.91. The highest BCUT2D eigenvalue weighted by molar-refractivity contribution is 14.1.